The maximum Gasteiger partial charge on any atom is 0.110 e. The topological polar surface area (TPSA) is 44.9 Å². The van der Waals surface area contributed by atoms with Gasteiger partial charge in [-0.2, -0.15) is 5.10 Å². The predicted octanol–water partition coefficient (Wildman–Crippen LogP) is 3.86. The summed E-state index contributed by atoms with van der Waals surface area (Å²) in [6.45, 7) is 8.86. The molecule has 4 rings (SSSR count). The average molecular weight is 342 g/mol. The summed E-state index contributed by atoms with van der Waals surface area (Å²) in [6, 6.07) is 2.66. The number of aromatic nitrogens is 4. The summed E-state index contributed by atoms with van der Waals surface area (Å²) >= 11 is 0. The van der Waals surface area contributed by atoms with Crippen molar-refractivity contribution >= 4 is 0 Å². The number of hydrogen-bond donors (Lipinski definition) is 0. The quantitative estimate of drug-likeness (QED) is 0.847. The second kappa shape index (κ2) is 6.27. The molecule has 5 heteroatoms. The van der Waals surface area contributed by atoms with Gasteiger partial charge in [0.05, 0.1) is 12.0 Å². The summed E-state index contributed by atoms with van der Waals surface area (Å²) in [5.74, 6) is 1.42. The van der Waals surface area contributed by atoms with E-state index in [2.05, 4.69) is 42.8 Å². The summed E-state index contributed by atoms with van der Waals surface area (Å²) in [6.07, 6.45) is 8.66. The van der Waals surface area contributed by atoms with Gasteiger partial charge in [0, 0.05) is 38.2 Å². The van der Waals surface area contributed by atoms with Crippen LogP contribution in [-0.2, 0) is 18.2 Å². The van der Waals surface area contributed by atoms with E-state index in [1.54, 1.807) is 0 Å². The Kier molecular flexibility index (Phi) is 4.22. The van der Waals surface area contributed by atoms with Gasteiger partial charge >= 0.3 is 0 Å². The Bertz CT molecular complexity index is 727. The van der Waals surface area contributed by atoms with Crippen molar-refractivity contribution in [3.63, 3.8) is 0 Å². The van der Waals surface area contributed by atoms with Crippen LogP contribution in [0.5, 0.6) is 0 Å². The standard InChI is InChI=1S/C20H30N4O/c1-20(2,3)15-10-16(11-15)24-13-21-19(17-5-7-22-23(17)4)18(24)9-14-6-8-25-12-14/h5,7,13-16H,6,8-12H2,1-4H3. The molecule has 5 nitrogen and oxygen atoms in total. The SMILES string of the molecule is Cn1nccc1-c1ncn(C2CC(C(C)(C)C)C2)c1CC1CCOC1. The van der Waals surface area contributed by atoms with Crippen LogP contribution in [0.4, 0.5) is 0 Å². The minimum absolute atomic E-state index is 0.404. The lowest BCUT2D eigenvalue weighted by Crippen LogP contribution is -2.36. The third kappa shape index (κ3) is 3.14. The van der Waals surface area contributed by atoms with Crippen molar-refractivity contribution in [2.75, 3.05) is 13.2 Å². The van der Waals surface area contributed by atoms with Crippen molar-refractivity contribution in [1.82, 2.24) is 19.3 Å². The number of rotatable bonds is 4. The molecule has 1 saturated carbocycles. The Labute approximate surface area is 150 Å². The predicted molar refractivity (Wildman–Crippen MR) is 98.3 cm³/mol. The zero-order chi connectivity index (χ0) is 17.6. The summed E-state index contributed by atoms with van der Waals surface area (Å²) in [5, 5.41) is 4.34. The van der Waals surface area contributed by atoms with Crippen molar-refractivity contribution in [3.05, 3.63) is 24.3 Å². The van der Waals surface area contributed by atoms with Crippen LogP contribution in [-0.4, -0.2) is 32.5 Å². The summed E-state index contributed by atoms with van der Waals surface area (Å²) in [5.41, 5.74) is 3.99. The van der Waals surface area contributed by atoms with Crippen molar-refractivity contribution in [2.24, 2.45) is 24.3 Å². The molecule has 0 amide bonds. The molecular formula is C20H30N4O. The molecule has 1 saturated heterocycles. The van der Waals surface area contributed by atoms with Gasteiger partial charge < -0.3 is 9.30 Å². The van der Waals surface area contributed by atoms with E-state index in [9.17, 15) is 0 Å². The molecule has 2 aliphatic rings. The highest BCUT2D eigenvalue weighted by atomic mass is 16.5. The molecule has 0 bridgehead atoms. The van der Waals surface area contributed by atoms with Crippen LogP contribution in [0, 0.1) is 17.3 Å². The van der Waals surface area contributed by atoms with Crippen molar-refractivity contribution in [1.29, 1.82) is 0 Å². The van der Waals surface area contributed by atoms with E-state index < -0.39 is 0 Å². The minimum atomic E-state index is 0.404. The molecule has 3 heterocycles. The highest BCUT2D eigenvalue weighted by Crippen LogP contribution is 2.48. The van der Waals surface area contributed by atoms with E-state index in [4.69, 9.17) is 9.72 Å². The first kappa shape index (κ1) is 16.8. The molecule has 25 heavy (non-hydrogen) atoms. The molecule has 2 fully saturated rings. The van der Waals surface area contributed by atoms with E-state index in [1.165, 1.54) is 18.5 Å². The molecule has 136 valence electrons. The van der Waals surface area contributed by atoms with Gasteiger partial charge in [-0.3, -0.25) is 4.68 Å². The lowest BCUT2D eigenvalue weighted by molar-refractivity contribution is 0.0801. The third-order valence-electron chi connectivity index (χ3n) is 6.20. The summed E-state index contributed by atoms with van der Waals surface area (Å²) in [4.78, 5) is 4.81. The molecule has 2 aromatic heterocycles. The smallest absolute Gasteiger partial charge is 0.110 e. The van der Waals surface area contributed by atoms with Crippen LogP contribution in [0.2, 0.25) is 0 Å². The third-order valence-corrected chi connectivity index (χ3v) is 6.20. The Balaban J connectivity index is 1.63. The molecule has 1 atom stereocenters. The van der Waals surface area contributed by atoms with Gasteiger partial charge in [-0.05, 0) is 49.0 Å². The zero-order valence-corrected chi connectivity index (χ0v) is 15.9. The van der Waals surface area contributed by atoms with Gasteiger partial charge in [0.15, 0.2) is 0 Å². The van der Waals surface area contributed by atoms with Crippen LogP contribution in [0.15, 0.2) is 18.6 Å². The maximum absolute atomic E-state index is 5.62. The van der Waals surface area contributed by atoms with Crippen LogP contribution < -0.4 is 0 Å². The van der Waals surface area contributed by atoms with Gasteiger partial charge in [-0.15, -0.1) is 0 Å². The van der Waals surface area contributed by atoms with Crippen molar-refractivity contribution in [3.8, 4) is 11.4 Å². The molecule has 0 N–H and O–H groups in total. The fraction of sp³-hybridized carbons (Fsp3) is 0.700. The number of aryl methyl sites for hydroxylation is 1. The molecule has 1 aliphatic heterocycles. The number of hydrogen-bond acceptors (Lipinski definition) is 3. The molecule has 0 spiro atoms. The van der Waals surface area contributed by atoms with Crippen LogP contribution in [0.3, 0.4) is 0 Å². The van der Waals surface area contributed by atoms with Gasteiger partial charge in [0.1, 0.15) is 5.69 Å². The van der Waals surface area contributed by atoms with Gasteiger partial charge in [0.2, 0.25) is 0 Å². The Morgan fingerprint density at radius 2 is 2.08 bits per heavy atom. The number of ether oxygens (including phenoxy) is 1. The fourth-order valence-electron chi connectivity index (χ4n) is 4.26. The Morgan fingerprint density at radius 1 is 1.28 bits per heavy atom. The van der Waals surface area contributed by atoms with E-state index in [0.29, 0.717) is 17.4 Å². The van der Waals surface area contributed by atoms with Gasteiger partial charge in [-0.1, -0.05) is 20.8 Å². The van der Waals surface area contributed by atoms with Crippen LogP contribution in [0.1, 0.15) is 51.8 Å². The lowest BCUT2D eigenvalue weighted by Gasteiger charge is -2.44. The van der Waals surface area contributed by atoms with Gasteiger partial charge in [-0.25, -0.2) is 4.98 Å². The highest BCUT2D eigenvalue weighted by Gasteiger charge is 2.39. The Hall–Kier alpha value is -1.62. The normalized spacial score (nSPS) is 26.8. The van der Waals surface area contributed by atoms with E-state index in [0.717, 1.165) is 43.4 Å². The van der Waals surface area contributed by atoms with E-state index in [1.807, 2.05) is 17.9 Å². The van der Waals surface area contributed by atoms with Gasteiger partial charge in [0.25, 0.3) is 0 Å². The number of imidazole rings is 1. The minimum Gasteiger partial charge on any atom is -0.381 e. The Morgan fingerprint density at radius 3 is 2.68 bits per heavy atom. The van der Waals surface area contributed by atoms with Crippen LogP contribution in [0.25, 0.3) is 11.4 Å². The highest BCUT2D eigenvalue weighted by molar-refractivity contribution is 5.57. The van der Waals surface area contributed by atoms with E-state index in [-0.39, 0.29) is 0 Å². The average Bonchev–Trinajstić information content (AvgIpc) is 3.19. The largest absolute Gasteiger partial charge is 0.381 e. The summed E-state index contributed by atoms with van der Waals surface area (Å²) < 4.78 is 10.0. The fourth-order valence-corrected chi connectivity index (χ4v) is 4.26. The monoisotopic (exact) mass is 342 g/mol. The molecule has 1 unspecified atom stereocenters. The second-order valence-electron chi connectivity index (χ2n) is 8.91. The molecule has 0 radical (unpaired) electrons. The molecule has 1 aliphatic carbocycles. The van der Waals surface area contributed by atoms with Crippen molar-refractivity contribution < 1.29 is 4.74 Å². The lowest BCUT2D eigenvalue weighted by atomic mass is 9.66. The number of nitrogens with zero attached hydrogens (tertiary/aromatic N) is 4. The molecule has 0 aromatic carbocycles. The molecule has 2 aromatic rings. The zero-order valence-electron chi connectivity index (χ0n) is 15.9. The van der Waals surface area contributed by atoms with Crippen molar-refractivity contribution in [2.45, 2.75) is 52.5 Å². The summed E-state index contributed by atoms with van der Waals surface area (Å²) in [7, 11) is 2.00. The first-order valence-corrected chi connectivity index (χ1v) is 9.55. The van der Waals surface area contributed by atoms with Crippen LogP contribution >= 0.6 is 0 Å². The maximum atomic E-state index is 5.62. The first-order chi connectivity index (χ1) is 11.9. The molecular weight excluding hydrogens is 312 g/mol. The van der Waals surface area contributed by atoms with E-state index >= 15 is 0 Å². The first-order valence-electron chi connectivity index (χ1n) is 9.55. The second-order valence-corrected chi connectivity index (χ2v) is 8.91.